The van der Waals surface area contributed by atoms with Crippen molar-refractivity contribution < 1.29 is 0 Å². The molecule has 0 fully saturated rings. The number of nitrogens with zero attached hydrogens (tertiary/aromatic N) is 4. The fourth-order valence-electron chi connectivity index (χ4n) is 2.06. The molecule has 1 rings (SSSR count). The summed E-state index contributed by atoms with van der Waals surface area (Å²) >= 11 is 0. The van der Waals surface area contributed by atoms with Crippen LogP contribution in [-0.4, -0.2) is 75.4 Å². The molecule has 0 atom stereocenters. The zero-order valence-corrected chi connectivity index (χ0v) is 14.5. The van der Waals surface area contributed by atoms with Gasteiger partial charge in [0.2, 0.25) is 0 Å². The second-order valence-electron chi connectivity index (χ2n) is 6.11. The minimum absolute atomic E-state index is 0.815. The second kappa shape index (κ2) is 11.3. The van der Waals surface area contributed by atoms with Gasteiger partial charge in [0.25, 0.3) is 0 Å². The Morgan fingerprint density at radius 1 is 1.14 bits per heavy atom. The van der Waals surface area contributed by atoms with Crippen LogP contribution in [0.2, 0.25) is 0 Å². The van der Waals surface area contributed by atoms with Crippen LogP contribution in [-0.2, 0) is 6.54 Å². The van der Waals surface area contributed by atoms with Gasteiger partial charge < -0.3 is 15.1 Å². The number of pyridine rings is 1. The molecule has 0 radical (unpaired) electrons. The van der Waals surface area contributed by atoms with E-state index >= 15 is 0 Å². The molecule has 1 aromatic heterocycles. The molecule has 1 heterocycles. The van der Waals surface area contributed by atoms with E-state index in [0.717, 1.165) is 56.8 Å². The molecule has 0 saturated heterocycles. The molecule has 0 aromatic carbocycles. The lowest BCUT2D eigenvalue weighted by atomic mass is 10.2. The number of nitrogens with one attached hydrogen (secondary N) is 1. The standard InChI is InChI=1S/C17H31N5/c1-21(2)11-5-8-18-14-16-7-10-20-17(13-16)15-19-9-6-12-22(3)4/h7,10,13-14,19H,5-6,8-9,11-12,15H2,1-4H3. The van der Waals surface area contributed by atoms with E-state index in [1.165, 1.54) is 0 Å². The lowest BCUT2D eigenvalue weighted by molar-refractivity contribution is 0.394. The van der Waals surface area contributed by atoms with Gasteiger partial charge in [0.15, 0.2) is 0 Å². The summed E-state index contributed by atoms with van der Waals surface area (Å²) < 4.78 is 0. The van der Waals surface area contributed by atoms with Gasteiger partial charge >= 0.3 is 0 Å². The first-order valence-corrected chi connectivity index (χ1v) is 8.03. The Labute approximate surface area is 135 Å². The van der Waals surface area contributed by atoms with Gasteiger partial charge in [0, 0.05) is 25.5 Å². The lowest BCUT2D eigenvalue weighted by Gasteiger charge is -2.09. The van der Waals surface area contributed by atoms with E-state index < -0.39 is 0 Å². The Morgan fingerprint density at radius 2 is 1.86 bits per heavy atom. The SMILES string of the molecule is CN(C)CCCN=Cc1ccnc(CNCCCN(C)C)c1. The van der Waals surface area contributed by atoms with Crippen LogP contribution < -0.4 is 5.32 Å². The highest BCUT2D eigenvalue weighted by molar-refractivity contribution is 5.79. The van der Waals surface area contributed by atoms with E-state index in [9.17, 15) is 0 Å². The maximum atomic E-state index is 4.48. The summed E-state index contributed by atoms with van der Waals surface area (Å²) in [6.45, 7) is 4.90. The summed E-state index contributed by atoms with van der Waals surface area (Å²) in [5.41, 5.74) is 2.20. The third kappa shape index (κ3) is 9.60. The van der Waals surface area contributed by atoms with E-state index in [1.54, 1.807) is 0 Å². The van der Waals surface area contributed by atoms with Crippen molar-refractivity contribution in [1.29, 1.82) is 0 Å². The maximum absolute atomic E-state index is 4.48. The van der Waals surface area contributed by atoms with Crippen molar-refractivity contribution in [3.05, 3.63) is 29.6 Å². The molecule has 0 aliphatic carbocycles. The van der Waals surface area contributed by atoms with Crippen molar-refractivity contribution in [3.63, 3.8) is 0 Å². The van der Waals surface area contributed by atoms with E-state index in [0.29, 0.717) is 0 Å². The summed E-state index contributed by atoms with van der Waals surface area (Å²) in [7, 11) is 8.38. The zero-order chi connectivity index (χ0) is 16.2. The van der Waals surface area contributed by atoms with E-state index in [-0.39, 0.29) is 0 Å². The summed E-state index contributed by atoms with van der Waals surface area (Å²) in [5, 5.41) is 3.43. The predicted molar refractivity (Wildman–Crippen MR) is 94.7 cm³/mol. The number of rotatable bonds is 11. The minimum atomic E-state index is 0.815. The maximum Gasteiger partial charge on any atom is 0.0548 e. The molecule has 22 heavy (non-hydrogen) atoms. The first-order valence-electron chi connectivity index (χ1n) is 8.03. The third-order valence-electron chi connectivity index (χ3n) is 3.24. The highest BCUT2D eigenvalue weighted by Gasteiger charge is 1.97. The number of hydrogen-bond donors (Lipinski definition) is 1. The molecule has 0 aliphatic heterocycles. The van der Waals surface area contributed by atoms with Crippen molar-refractivity contribution in [1.82, 2.24) is 20.1 Å². The molecule has 124 valence electrons. The quantitative estimate of drug-likeness (QED) is 0.497. The van der Waals surface area contributed by atoms with Gasteiger partial charge in [-0.25, -0.2) is 0 Å². The van der Waals surface area contributed by atoms with Gasteiger partial charge in [-0.1, -0.05) is 0 Å². The fraction of sp³-hybridized carbons (Fsp3) is 0.647. The Morgan fingerprint density at radius 3 is 2.59 bits per heavy atom. The van der Waals surface area contributed by atoms with E-state index in [4.69, 9.17) is 0 Å². The van der Waals surface area contributed by atoms with Crippen LogP contribution in [0.3, 0.4) is 0 Å². The molecular formula is C17H31N5. The van der Waals surface area contributed by atoms with Gasteiger partial charge in [-0.3, -0.25) is 9.98 Å². The highest BCUT2D eigenvalue weighted by Crippen LogP contribution is 2.00. The normalized spacial score (nSPS) is 11.9. The van der Waals surface area contributed by atoms with E-state index in [2.05, 4.69) is 59.4 Å². The predicted octanol–water partition coefficient (Wildman–Crippen LogP) is 1.49. The minimum Gasteiger partial charge on any atom is -0.311 e. The van der Waals surface area contributed by atoms with Gasteiger partial charge in [-0.05, 0) is 78.4 Å². The largest absolute Gasteiger partial charge is 0.311 e. The van der Waals surface area contributed by atoms with Crippen LogP contribution in [0.5, 0.6) is 0 Å². The molecule has 0 saturated carbocycles. The van der Waals surface area contributed by atoms with Crippen LogP contribution in [0.25, 0.3) is 0 Å². The number of aliphatic imine (C=N–C) groups is 1. The Hall–Kier alpha value is -1.30. The zero-order valence-electron chi connectivity index (χ0n) is 14.5. The Bertz CT molecular complexity index is 429. The van der Waals surface area contributed by atoms with Crippen molar-refractivity contribution in [2.75, 3.05) is 54.4 Å². The molecule has 0 bridgehead atoms. The summed E-state index contributed by atoms with van der Waals surface area (Å²) in [5.74, 6) is 0. The average Bonchev–Trinajstić information content (AvgIpc) is 2.46. The first-order chi connectivity index (χ1) is 10.6. The smallest absolute Gasteiger partial charge is 0.0548 e. The Kier molecular flexibility index (Phi) is 9.62. The highest BCUT2D eigenvalue weighted by atomic mass is 15.1. The second-order valence-corrected chi connectivity index (χ2v) is 6.11. The van der Waals surface area contributed by atoms with Crippen molar-refractivity contribution in [3.8, 4) is 0 Å². The number of hydrogen-bond acceptors (Lipinski definition) is 5. The van der Waals surface area contributed by atoms with Crippen LogP contribution in [0.15, 0.2) is 23.3 Å². The molecular weight excluding hydrogens is 274 g/mol. The lowest BCUT2D eigenvalue weighted by Crippen LogP contribution is -2.21. The molecule has 0 spiro atoms. The molecule has 0 unspecified atom stereocenters. The van der Waals surface area contributed by atoms with Gasteiger partial charge in [-0.15, -0.1) is 0 Å². The molecule has 0 amide bonds. The summed E-state index contributed by atoms with van der Waals surface area (Å²) in [6.07, 6.45) is 6.06. The van der Waals surface area contributed by atoms with Crippen LogP contribution in [0, 0.1) is 0 Å². The summed E-state index contributed by atoms with van der Waals surface area (Å²) in [4.78, 5) is 13.3. The molecule has 0 aliphatic rings. The van der Waals surface area contributed by atoms with Crippen molar-refractivity contribution in [2.45, 2.75) is 19.4 Å². The Balaban J connectivity index is 2.28. The summed E-state index contributed by atoms with van der Waals surface area (Å²) in [6, 6.07) is 4.11. The van der Waals surface area contributed by atoms with Gasteiger partial charge in [0.1, 0.15) is 0 Å². The molecule has 5 heteroatoms. The van der Waals surface area contributed by atoms with E-state index in [1.807, 2.05) is 18.5 Å². The fourth-order valence-corrected chi connectivity index (χ4v) is 2.06. The van der Waals surface area contributed by atoms with Crippen LogP contribution in [0.4, 0.5) is 0 Å². The molecule has 5 nitrogen and oxygen atoms in total. The van der Waals surface area contributed by atoms with Crippen molar-refractivity contribution >= 4 is 6.21 Å². The average molecular weight is 305 g/mol. The van der Waals surface area contributed by atoms with Crippen molar-refractivity contribution in [2.24, 2.45) is 4.99 Å². The van der Waals surface area contributed by atoms with Gasteiger partial charge in [0.05, 0.1) is 5.69 Å². The monoisotopic (exact) mass is 305 g/mol. The van der Waals surface area contributed by atoms with Gasteiger partial charge in [-0.2, -0.15) is 0 Å². The number of aromatic nitrogens is 1. The topological polar surface area (TPSA) is 43.8 Å². The van der Waals surface area contributed by atoms with Crippen LogP contribution in [0.1, 0.15) is 24.1 Å². The van der Waals surface area contributed by atoms with Crippen LogP contribution >= 0.6 is 0 Å². The molecule has 1 N–H and O–H groups in total. The third-order valence-corrected chi connectivity index (χ3v) is 3.24. The molecule has 1 aromatic rings. The first kappa shape index (κ1) is 18.7.